The van der Waals surface area contributed by atoms with Crippen molar-refractivity contribution in [2.24, 2.45) is 5.73 Å². The molecule has 1 aliphatic heterocycles. The molecule has 0 unspecified atom stereocenters. The summed E-state index contributed by atoms with van der Waals surface area (Å²) >= 11 is 0. The first-order valence-corrected chi connectivity index (χ1v) is 7.91. The Morgan fingerprint density at radius 1 is 1.24 bits per heavy atom. The molecule has 0 amide bonds. The third-order valence-electron chi connectivity index (χ3n) is 3.28. The van der Waals surface area contributed by atoms with E-state index in [0.717, 1.165) is 5.56 Å². The van der Waals surface area contributed by atoms with Crippen molar-refractivity contribution in [3.8, 4) is 5.75 Å². The Balaban J connectivity index is 1.86. The number of hydrogen-bond donors (Lipinski definition) is 1. The van der Waals surface area contributed by atoms with Crippen molar-refractivity contribution in [2.45, 2.75) is 11.4 Å². The second-order valence-electron chi connectivity index (χ2n) is 4.67. The van der Waals surface area contributed by atoms with Crippen LogP contribution in [0.15, 0.2) is 52.5 Å². The molecule has 0 spiro atoms. The number of nitrogens with zero attached hydrogens (tertiary/aromatic N) is 1. The van der Waals surface area contributed by atoms with E-state index >= 15 is 0 Å². The van der Waals surface area contributed by atoms with Gasteiger partial charge in [0.15, 0.2) is 0 Å². The number of pyridine rings is 1. The molecule has 21 heavy (non-hydrogen) atoms. The van der Waals surface area contributed by atoms with Crippen LogP contribution in [0.1, 0.15) is 11.1 Å². The third-order valence-corrected chi connectivity index (χ3v) is 5.14. The Kier molecular flexibility index (Phi) is 3.48. The minimum absolute atomic E-state index is 0.0132. The van der Waals surface area contributed by atoms with Gasteiger partial charge < -0.3 is 10.5 Å². The summed E-state index contributed by atoms with van der Waals surface area (Å²) in [5.41, 5.74) is 7.03. The van der Waals surface area contributed by atoms with Crippen molar-refractivity contribution < 1.29 is 13.2 Å². The van der Waals surface area contributed by atoms with Crippen LogP contribution in [0.25, 0.3) is 6.08 Å². The molecule has 0 saturated heterocycles. The number of nitrogens with two attached hydrogens (primary N) is 1. The average Bonchev–Trinajstić information content (AvgIpc) is 2.76. The fourth-order valence-corrected chi connectivity index (χ4v) is 3.68. The number of ether oxygens (including phenoxy) is 1. The summed E-state index contributed by atoms with van der Waals surface area (Å²) in [6.45, 7) is 0.297. The highest BCUT2D eigenvalue weighted by molar-refractivity contribution is 7.95. The molecule has 0 saturated carbocycles. The molecular weight excluding hydrogens is 288 g/mol. The van der Waals surface area contributed by atoms with E-state index in [1.165, 1.54) is 0 Å². The summed E-state index contributed by atoms with van der Waals surface area (Å²) in [4.78, 5) is 4.47. The predicted octanol–water partition coefficient (Wildman–Crippen LogP) is 1.75. The van der Waals surface area contributed by atoms with Crippen molar-refractivity contribution >= 4 is 15.9 Å². The molecular formula is C15H14N2O3S. The molecule has 0 atom stereocenters. The Morgan fingerprint density at radius 3 is 2.81 bits per heavy atom. The van der Waals surface area contributed by atoms with Gasteiger partial charge in [0, 0.05) is 12.7 Å². The van der Waals surface area contributed by atoms with E-state index in [4.69, 9.17) is 10.5 Å². The molecule has 2 N–H and O–H groups in total. The van der Waals surface area contributed by atoms with Gasteiger partial charge in [-0.05, 0) is 35.4 Å². The second-order valence-corrected chi connectivity index (χ2v) is 6.64. The first kappa shape index (κ1) is 13.8. The molecule has 0 fully saturated rings. The number of fused-ring (bicyclic) bond motifs is 1. The zero-order valence-electron chi connectivity index (χ0n) is 11.2. The zero-order chi connectivity index (χ0) is 14.9. The van der Waals surface area contributed by atoms with Gasteiger partial charge in [-0.25, -0.2) is 8.42 Å². The van der Waals surface area contributed by atoms with E-state index in [9.17, 15) is 8.42 Å². The van der Waals surface area contributed by atoms with Gasteiger partial charge in [0.25, 0.3) is 0 Å². The molecule has 0 bridgehead atoms. The topological polar surface area (TPSA) is 82.3 Å². The number of hydrogen-bond acceptors (Lipinski definition) is 5. The highest BCUT2D eigenvalue weighted by atomic mass is 32.2. The van der Waals surface area contributed by atoms with E-state index < -0.39 is 9.84 Å². The highest BCUT2D eigenvalue weighted by Crippen LogP contribution is 2.33. The van der Waals surface area contributed by atoms with Gasteiger partial charge in [0.05, 0.1) is 16.0 Å². The van der Waals surface area contributed by atoms with Gasteiger partial charge in [0.1, 0.15) is 12.4 Å². The van der Waals surface area contributed by atoms with Crippen LogP contribution in [0.3, 0.4) is 0 Å². The third kappa shape index (κ3) is 2.55. The minimum atomic E-state index is -3.49. The maximum absolute atomic E-state index is 12.5. The lowest BCUT2D eigenvalue weighted by atomic mass is 10.1. The van der Waals surface area contributed by atoms with E-state index in [0.29, 0.717) is 22.8 Å². The summed E-state index contributed by atoms with van der Waals surface area (Å²) < 4.78 is 30.4. The van der Waals surface area contributed by atoms with Gasteiger partial charge in [-0.15, -0.1) is 0 Å². The first-order chi connectivity index (χ1) is 10.1. The summed E-state index contributed by atoms with van der Waals surface area (Å²) in [6, 6.07) is 8.68. The van der Waals surface area contributed by atoms with E-state index in [2.05, 4.69) is 4.98 Å². The Morgan fingerprint density at radius 2 is 2.10 bits per heavy atom. The van der Waals surface area contributed by atoms with Crippen LogP contribution in [-0.2, 0) is 16.4 Å². The fourth-order valence-electron chi connectivity index (χ4n) is 2.16. The van der Waals surface area contributed by atoms with Crippen LogP contribution in [0.5, 0.6) is 5.75 Å². The monoisotopic (exact) mass is 302 g/mol. The van der Waals surface area contributed by atoms with Crippen LogP contribution < -0.4 is 10.5 Å². The lowest BCUT2D eigenvalue weighted by Gasteiger charge is -2.07. The smallest absolute Gasteiger partial charge is 0.206 e. The minimum Gasteiger partial charge on any atom is -0.487 e. The van der Waals surface area contributed by atoms with Crippen molar-refractivity contribution in [1.29, 1.82) is 0 Å². The first-order valence-electron chi connectivity index (χ1n) is 6.43. The van der Waals surface area contributed by atoms with E-state index in [1.807, 2.05) is 6.07 Å². The molecule has 3 rings (SSSR count). The fraction of sp³-hybridized carbons (Fsp3) is 0.133. The molecule has 5 nitrogen and oxygen atoms in total. The Bertz CT molecular complexity index is 799. The second kappa shape index (κ2) is 5.31. The van der Waals surface area contributed by atoms with Crippen LogP contribution in [-0.4, -0.2) is 20.0 Å². The molecule has 0 aliphatic carbocycles. The molecule has 1 aromatic carbocycles. The van der Waals surface area contributed by atoms with Gasteiger partial charge in [-0.2, -0.15) is 0 Å². The quantitative estimate of drug-likeness (QED) is 0.930. The van der Waals surface area contributed by atoms with Crippen molar-refractivity contribution in [2.75, 3.05) is 6.61 Å². The molecule has 0 radical (unpaired) electrons. The molecule has 2 heterocycles. The lowest BCUT2D eigenvalue weighted by Crippen LogP contribution is -2.09. The van der Waals surface area contributed by atoms with Crippen molar-refractivity contribution in [3.63, 3.8) is 0 Å². The molecule has 1 aromatic heterocycles. The average molecular weight is 302 g/mol. The lowest BCUT2D eigenvalue weighted by molar-refractivity contribution is 0.357. The Labute approximate surface area is 123 Å². The molecule has 1 aliphatic rings. The van der Waals surface area contributed by atoms with Crippen molar-refractivity contribution in [1.82, 2.24) is 4.98 Å². The zero-order valence-corrected chi connectivity index (χ0v) is 12.0. The van der Waals surface area contributed by atoms with E-state index in [-0.39, 0.29) is 11.5 Å². The van der Waals surface area contributed by atoms with Gasteiger partial charge in [-0.1, -0.05) is 12.1 Å². The maximum Gasteiger partial charge on any atom is 0.206 e. The Hall–Kier alpha value is -2.18. The number of rotatable bonds is 4. The summed E-state index contributed by atoms with van der Waals surface area (Å²) in [5.74, 6) is 0.534. The van der Waals surface area contributed by atoms with Gasteiger partial charge >= 0.3 is 0 Å². The largest absolute Gasteiger partial charge is 0.487 e. The summed E-state index contributed by atoms with van der Waals surface area (Å²) in [5, 5.41) is 0. The number of benzene rings is 1. The van der Waals surface area contributed by atoms with Gasteiger partial charge in [0.2, 0.25) is 9.84 Å². The van der Waals surface area contributed by atoms with Gasteiger partial charge in [-0.3, -0.25) is 4.98 Å². The van der Waals surface area contributed by atoms with Crippen LogP contribution in [0.4, 0.5) is 0 Å². The SMILES string of the molecule is NCc1ccc2c(c1)S(=O)(=O)C(COc1cccnc1)=C2. The highest BCUT2D eigenvalue weighted by Gasteiger charge is 2.30. The molecule has 6 heteroatoms. The number of sulfone groups is 1. The maximum atomic E-state index is 12.5. The van der Waals surface area contributed by atoms with Crippen LogP contribution in [0.2, 0.25) is 0 Å². The van der Waals surface area contributed by atoms with E-state index in [1.54, 1.807) is 42.7 Å². The van der Waals surface area contributed by atoms with Crippen molar-refractivity contribution in [3.05, 3.63) is 58.8 Å². The standard InChI is InChI=1S/C15H14N2O3S/c16-8-11-3-4-12-7-14(21(18,19)15(12)6-11)10-20-13-2-1-5-17-9-13/h1-7,9H,8,10,16H2. The summed E-state index contributed by atoms with van der Waals surface area (Å²) in [6.07, 6.45) is 4.81. The van der Waals surface area contributed by atoms with Crippen LogP contribution in [0, 0.1) is 0 Å². The van der Waals surface area contributed by atoms with Crippen LogP contribution >= 0.6 is 0 Å². The predicted molar refractivity (Wildman–Crippen MR) is 79.2 cm³/mol. The number of aromatic nitrogens is 1. The normalized spacial score (nSPS) is 15.4. The molecule has 2 aromatic rings. The summed E-state index contributed by atoms with van der Waals surface area (Å²) in [7, 11) is -3.49. The molecule has 108 valence electrons.